The minimum atomic E-state index is -1.95. The van der Waals surface area contributed by atoms with Crippen LogP contribution in [0.5, 0.6) is 0 Å². The molecule has 0 aromatic carbocycles. The number of carbonyl (C=O) groups is 1. The van der Waals surface area contributed by atoms with Crippen LogP contribution in [0.25, 0.3) is 0 Å². The van der Waals surface area contributed by atoms with Gasteiger partial charge in [-0.1, -0.05) is 0 Å². The Bertz CT molecular complexity index is 183. The Morgan fingerprint density at radius 1 is 1.75 bits per heavy atom. The zero-order chi connectivity index (χ0) is 9.19. The number of hydrogen-bond acceptors (Lipinski definition) is 3. The number of hydrogen-bond donors (Lipinski definition) is 1. The van der Waals surface area contributed by atoms with Gasteiger partial charge in [0.25, 0.3) is 0 Å². The molecule has 0 unspecified atom stereocenters. The van der Waals surface area contributed by atoms with E-state index in [1.807, 2.05) is 0 Å². The van der Waals surface area contributed by atoms with E-state index in [9.17, 15) is 9.18 Å². The molecular weight excluding hydrogens is 163 g/mol. The fraction of sp³-hybridized carbons (Fsp3) is 0.875. The van der Waals surface area contributed by atoms with Crippen LogP contribution in [-0.4, -0.2) is 30.0 Å². The lowest BCUT2D eigenvalue weighted by molar-refractivity contribution is -0.159. The van der Waals surface area contributed by atoms with Crippen LogP contribution < -0.4 is 0 Å². The Hall–Kier alpha value is -0.640. The average molecular weight is 176 g/mol. The molecule has 1 fully saturated rings. The zero-order valence-corrected chi connectivity index (χ0v) is 7.05. The van der Waals surface area contributed by atoms with Crippen molar-refractivity contribution >= 4 is 5.97 Å². The van der Waals surface area contributed by atoms with E-state index in [0.29, 0.717) is 12.8 Å². The number of alkyl halides is 1. The maximum absolute atomic E-state index is 13.6. The Labute approximate surface area is 70.5 Å². The van der Waals surface area contributed by atoms with E-state index in [4.69, 9.17) is 5.11 Å². The Morgan fingerprint density at radius 2 is 2.42 bits per heavy atom. The smallest absolute Gasteiger partial charge is 0.343 e. The maximum atomic E-state index is 13.6. The highest BCUT2D eigenvalue weighted by atomic mass is 19.1. The van der Waals surface area contributed by atoms with Gasteiger partial charge in [0.05, 0.1) is 13.2 Å². The summed E-state index contributed by atoms with van der Waals surface area (Å²) in [4.78, 5) is 10.9. The first-order chi connectivity index (χ1) is 5.58. The predicted octanol–water partition coefficient (Wildman–Crippen LogP) is 0.803. The molecule has 0 aliphatic heterocycles. The van der Waals surface area contributed by atoms with E-state index in [1.54, 1.807) is 0 Å². The minimum Gasteiger partial charge on any atom is -0.467 e. The molecule has 1 aliphatic carbocycles. The van der Waals surface area contributed by atoms with Gasteiger partial charge >= 0.3 is 5.97 Å². The topological polar surface area (TPSA) is 46.5 Å². The number of methoxy groups -OCH3 is 1. The van der Waals surface area contributed by atoms with Crippen LogP contribution in [-0.2, 0) is 9.53 Å². The highest BCUT2D eigenvalue weighted by molar-refractivity contribution is 5.79. The average Bonchev–Trinajstić information content (AvgIpc) is 2.02. The van der Waals surface area contributed by atoms with E-state index in [2.05, 4.69) is 4.74 Å². The highest BCUT2D eigenvalue weighted by Crippen LogP contribution is 2.32. The fourth-order valence-electron chi connectivity index (χ4n) is 1.56. The zero-order valence-electron chi connectivity index (χ0n) is 7.05. The summed E-state index contributed by atoms with van der Waals surface area (Å²) in [6.07, 6.45) is 0.439. The van der Waals surface area contributed by atoms with Crippen LogP contribution in [0.4, 0.5) is 4.39 Å². The maximum Gasteiger partial charge on any atom is 0.343 e. The van der Waals surface area contributed by atoms with Crippen molar-refractivity contribution in [2.75, 3.05) is 7.11 Å². The van der Waals surface area contributed by atoms with Gasteiger partial charge in [-0.25, -0.2) is 9.18 Å². The second kappa shape index (κ2) is 3.39. The van der Waals surface area contributed by atoms with Crippen LogP contribution in [0.1, 0.15) is 25.7 Å². The molecule has 1 rings (SSSR count). The molecule has 0 heterocycles. The SMILES string of the molecule is COC(=O)[C@@]1(F)CCC[C@@H](O)C1. The lowest BCUT2D eigenvalue weighted by Gasteiger charge is -2.29. The quantitative estimate of drug-likeness (QED) is 0.601. The van der Waals surface area contributed by atoms with Crippen LogP contribution in [0.15, 0.2) is 0 Å². The van der Waals surface area contributed by atoms with Crippen LogP contribution in [0.2, 0.25) is 0 Å². The summed E-state index contributed by atoms with van der Waals surface area (Å²) in [6.45, 7) is 0. The van der Waals surface area contributed by atoms with Crippen LogP contribution >= 0.6 is 0 Å². The van der Waals surface area contributed by atoms with Crippen molar-refractivity contribution < 1.29 is 19.0 Å². The van der Waals surface area contributed by atoms with Crippen molar-refractivity contribution in [2.24, 2.45) is 0 Å². The van der Waals surface area contributed by atoms with Crippen molar-refractivity contribution in [3.8, 4) is 0 Å². The van der Waals surface area contributed by atoms with Gasteiger partial charge in [-0.2, -0.15) is 0 Å². The number of aliphatic hydroxyl groups excluding tert-OH is 1. The molecule has 0 amide bonds. The summed E-state index contributed by atoms with van der Waals surface area (Å²) < 4.78 is 17.9. The Kier molecular flexibility index (Phi) is 2.67. The van der Waals surface area contributed by atoms with Gasteiger partial charge in [0.15, 0.2) is 0 Å². The minimum absolute atomic E-state index is 0.125. The summed E-state index contributed by atoms with van der Waals surface area (Å²) in [5, 5.41) is 9.14. The van der Waals surface area contributed by atoms with Gasteiger partial charge in [-0.3, -0.25) is 0 Å². The molecule has 12 heavy (non-hydrogen) atoms. The normalized spacial score (nSPS) is 36.1. The van der Waals surface area contributed by atoms with E-state index < -0.39 is 17.7 Å². The number of rotatable bonds is 1. The van der Waals surface area contributed by atoms with Crippen molar-refractivity contribution in [3.63, 3.8) is 0 Å². The molecule has 0 spiro atoms. The molecule has 4 heteroatoms. The van der Waals surface area contributed by atoms with Gasteiger partial charge in [0.1, 0.15) is 0 Å². The monoisotopic (exact) mass is 176 g/mol. The molecule has 0 radical (unpaired) electrons. The molecule has 0 aromatic heterocycles. The number of halogens is 1. The van der Waals surface area contributed by atoms with Crippen LogP contribution in [0, 0.1) is 0 Å². The summed E-state index contributed by atoms with van der Waals surface area (Å²) in [6, 6.07) is 0. The van der Waals surface area contributed by atoms with Crippen LogP contribution in [0.3, 0.4) is 0 Å². The Morgan fingerprint density at radius 3 is 2.92 bits per heavy atom. The van der Waals surface area contributed by atoms with Crippen molar-refractivity contribution in [2.45, 2.75) is 37.5 Å². The molecule has 0 bridgehead atoms. The molecule has 70 valence electrons. The van der Waals surface area contributed by atoms with E-state index in [-0.39, 0.29) is 12.8 Å². The number of ether oxygens (including phenoxy) is 1. The fourth-order valence-corrected chi connectivity index (χ4v) is 1.56. The highest BCUT2D eigenvalue weighted by Gasteiger charge is 2.43. The molecule has 0 saturated heterocycles. The molecule has 3 nitrogen and oxygen atoms in total. The number of aliphatic hydroxyl groups is 1. The molecular formula is C8H13FO3. The third-order valence-corrected chi connectivity index (χ3v) is 2.22. The summed E-state index contributed by atoms with van der Waals surface area (Å²) in [5.41, 5.74) is -1.95. The summed E-state index contributed by atoms with van der Waals surface area (Å²) in [5.74, 6) is -0.860. The van der Waals surface area contributed by atoms with Crippen molar-refractivity contribution in [3.05, 3.63) is 0 Å². The first-order valence-corrected chi connectivity index (χ1v) is 4.04. The third-order valence-electron chi connectivity index (χ3n) is 2.22. The summed E-state index contributed by atoms with van der Waals surface area (Å²) >= 11 is 0. The van der Waals surface area contributed by atoms with E-state index in [1.165, 1.54) is 0 Å². The van der Waals surface area contributed by atoms with Gasteiger partial charge in [0, 0.05) is 6.42 Å². The largest absolute Gasteiger partial charge is 0.467 e. The number of carbonyl (C=O) groups excluding carboxylic acids is 1. The first-order valence-electron chi connectivity index (χ1n) is 4.04. The van der Waals surface area contributed by atoms with E-state index >= 15 is 0 Å². The van der Waals surface area contributed by atoms with Gasteiger partial charge in [-0.15, -0.1) is 0 Å². The first kappa shape index (κ1) is 9.45. The molecule has 1 saturated carbocycles. The number of esters is 1. The summed E-state index contributed by atoms with van der Waals surface area (Å²) in [7, 11) is 1.16. The van der Waals surface area contributed by atoms with Gasteiger partial charge in [0.2, 0.25) is 5.67 Å². The molecule has 1 aliphatic rings. The van der Waals surface area contributed by atoms with Crippen molar-refractivity contribution in [1.29, 1.82) is 0 Å². The third kappa shape index (κ3) is 1.75. The predicted molar refractivity (Wildman–Crippen MR) is 40.3 cm³/mol. The molecule has 1 N–H and O–H groups in total. The van der Waals surface area contributed by atoms with Gasteiger partial charge in [-0.05, 0) is 19.3 Å². The Balaban J connectivity index is 2.63. The standard InChI is InChI=1S/C8H13FO3/c1-12-7(11)8(9)4-2-3-6(10)5-8/h6,10H,2-5H2,1H3/t6-,8-/m1/s1. The molecule has 2 atom stereocenters. The lowest BCUT2D eigenvalue weighted by atomic mass is 9.85. The van der Waals surface area contributed by atoms with Gasteiger partial charge < -0.3 is 9.84 Å². The van der Waals surface area contributed by atoms with E-state index in [0.717, 1.165) is 7.11 Å². The van der Waals surface area contributed by atoms with Crippen molar-refractivity contribution in [1.82, 2.24) is 0 Å². The second-order valence-corrected chi connectivity index (χ2v) is 3.21. The molecule has 0 aromatic rings. The lowest BCUT2D eigenvalue weighted by Crippen LogP contribution is -2.41. The second-order valence-electron chi connectivity index (χ2n) is 3.21.